The minimum Gasteiger partial charge on any atom is -0.493 e. The van der Waals surface area contributed by atoms with E-state index in [0.717, 1.165) is 25.9 Å². The van der Waals surface area contributed by atoms with Crippen molar-refractivity contribution in [2.24, 2.45) is 0 Å². The monoisotopic (exact) mass is 404 g/mol. The fourth-order valence-electron chi connectivity index (χ4n) is 3.26. The van der Waals surface area contributed by atoms with Gasteiger partial charge in [-0.25, -0.2) is 0 Å². The molecule has 0 saturated carbocycles. The highest BCUT2D eigenvalue weighted by atomic mass is 35.5. The molecule has 1 saturated heterocycles. The maximum atomic E-state index is 12.3. The minimum absolute atomic E-state index is 0.0481. The van der Waals surface area contributed by atoms with E-state index in [9.17, 15) is 4.79 Å². The normalized spacial score (nSPS) is 15.1. The number of benzene rings is 2. The smallest absolute Gasteiger partial charge is 0.238 e. The Balaban J connectivity index is 1.50. The van der Waals surface area contributed by atoms with E-state index in [1.807, 2.05) is 30.3 Å². The molecule has 0 aromatic heterocycles. The fraction of sp³-hybridized carbons (Fsp3) is 0.381. The van der Waals surface area contributed by atoms with Gasteiger partial charge in [-0.15, -0.1) is 0 Å². The summed E-state index contributed by atoms with van der Waals surface area (Å²) in [6.07, 6.45) is 1.70. The number of amides is 1. The van der Waals surface area contributed by atoms with Crippen molar-refractivity contribution in [2.45, 2.75) is 18.9 Å². The van der Waals surface area contributed by atoms with E-state index in [2.05, 4.69) is 10.2 Å². The summed E-state index contributed by atoms with van der Waals surface area (Å²) in [6, 6.07) is 12.7. The Morgan fingerprint density at radius 1 is 1.11 bits per heavy atom. The van der Waals surface area contributed by atoms with Crippen molar-refractivity contribution in [2.75, 3.05) is 39.2 Å². The van der Waals surface area contributed by atoms with Crippen molar-refractivity contribution in [1.29, 1.82) is 0 Å². The molecule has 0 unspecified atom stereocenters. The third-order valence-corrected chi connectivity index (χ3v) is 4.91. The molecular formula is C21H25ClN2O4. The summed E-state index contributed by atoms with van der Waals surface area (Å²) in [4.78, 5) is 14.4. The molecule has 7 heteroatoms. The maximum Gasteiger partial charge on any atom is 0.238 e. The zero-order chi connectivity index (χ0) is 19.9. The van der Waals surface area contributed by atoms with Crippen LogP contribution in [0, 0.1) is 0 Å². The first-order valence-electron chi connectivity index (χ1n) is 9.24. The number of hydrogen-bond donors (Lipinski definition) is 1. The number of methoxy groups -OCH3 is 2. The van der Waals surface area contributed by atoms with E-state index < -0.39 is 0 Å². The molecule has 1 heterocycles. The Bertz CT molecular complexity index is 784. The molecule has 3 rings (SSSR count). The molecule has 0 atom stereocenters. The highest BCUT2D eigenvalue weighted by Crippen LogP contribution is 2.38. The summed E-state index contributed by atoms with van der Waals surface area (Å²) in [7, 11) is 3.23. The number of nitrogens with one attached hydrogen (secondary N) is 1. The maximum absolute atomic E-state index is 12.3. The summed E-state index contributed by atoms with van der Waals surface area (Å²) < 4.78 is 17.0. The first kappa shape index (κ1) is 20.3. The van der Waals surface area contributed by atoms with Gasteiger partial charge in [0.1, 0.15) is 6.10 Å². The lowest BCUT2D eigenvalue weighted by molar-refractivity contribution is -0.117. The zero-order valence-corrected chi connectivity index (χ0v) is 16.9. The van der Waals surface area contributed by atoms with E-state index in [1.54, 1.807) is 26.4 Å². The number of hydrogen-bond acceptors (Lipinski definition) is 5. The van der Waals surface area contributed by atoms with Gasteiger partial charge in [0.2, 0.25) is 11.7 Å². The number of ether oxygens (including phenoxy) is 3. The SMILES string of the molecule is COc1cccc(OC)c1OC1CCN(CC(=O)Nc2cccc(Cl)c2)CC1. The Morgan fingerprint density at radius 2 is 1.75 bits per heavy atom. The molecule has 0 radical (unpaired) electrons. The fourth-order valence-corrected chi connectivity index (χ4v) is 3.45. The van der Waals surface area contributed by atoms with E-state index in [-0.39, 0.29) is 12.0 Å². The topological polar surface area (TPSA) is 60.0 Å². The third-order valence-electron chi connectivity index (χ3n) is 4.68. The Labute approximate surface area is 170 Å². The van der Waals surface area contributed by atoms with Gasteiger partial charge in [-0.05, 0) is 43.2 Å². The molecule has 0 spiro atoms. The summed E-state index contributed by atoms with van der Waals surface area (Å²) in [5, 5.41) is 3.48. The van der Waals surface area contributed by atoms with Crippen molar-refractivity contribution in [1.82, 2.24) is 4.90 Å². The molecule has 1 aliphatic heterocycles. The van der Waals surface area contributed by atoms with Crippen LogP contribution in [0.3, 0.4) is 0 Å². The zero-order valence-electron chi connectivity index (χ0n) is 16.1. The molecule has 6 nitrogen and oxygen atoms in total. The minimum atomic E-state index is -0.0481. The quantitative estimate of drug-likeness (QED) is 0.759. The van der Waals surface area contributed by atoms with Gasteiger partial charge in [-0.3, -0.25) is 9.69 Å². The first-order valence-corrected chi connectivity index (χ1v) is 9.62. The average Bonchev–Trinajstić information content (AvgIpc) is 2.69. The number of likely N-dealkylation sites (tertiary alicyclic amines) is 1. The van der Waals surface area contributed by atoms with Crippen molar-refractivity contribution in [3.63, 3.8) is 0 Å². The van der Waals surface area contributed by atoms with Gasteiger partial charge in [-0.2, -0.15) is 0 Å². The lowest BCUT2D eigenvalue weighted by Crippen LogP contribution is -2.42. The van der Waals surface area contributed by atoms with Gasteiger partial charge >= 0.3 is 0 Å². The number of para-hydroxylation sites is 1. The summed E-state index contributed by atoms with van der Waals surface area (Å²) in [5.74, 6) is 1.89. The Hall–Kier alpha value is -2.44. The predicted molar refractivity (Wildman–Crippen MR) is 110 cm³/mol. The van der Waals surface area contributed by atoms with E-state index in [4.69, 9.17) is 25.8 Å². The molecular weight excluding hydrogens is 380 g/mol. The van der Waals surface area contributed by atoms with E-state index in [1.165, 1.54) is 0 Å². The van der Waals surface area contributed by atoms with Crippen LogP contribution < -0.4 is 19.5 Å². The largest absolute Gasteiger partial charge is 0.493 e. The molecule has 1 fully saturated rings. The highest BCUT2D eigenvalue weighted by Gasteiger charge is 2.24. The molecule has 150 valence electrons. The summed E-state index contributed by atoms with van der Waals surface area (Å²) in [6.45, 7) is 1.91. The molecule has 28 heavy (non-hydrogen) atoms. The number of halogens is 1. The summed E-state index contributed by atoms with van der Waals surface area (Å²) >= 11 is 5.95. The van der Waals surface area contributed by atoms with Gasteiger partial charge in [0.15, 0.2) is 11.5 Å². The molecule has 1 aliphatic rings. The highest BCUT2D eigenvalue weighted by molar-refractivity contribution is 6.30. The number of carbonyl (C=O) groups excluding carboxylic acids is 1. The number of rotatable bonds is 7. The van der Waals surface area contributed by atoms with Gasteiger partial charge in [0.25, 0.3) is 0 Å². The van der Waals surface area contributed by atoms with Crippen molar-refractivity contribution >= 4 is 23.2 Å². The van der Waals surface area contributed by atoms with Crippen molar-refractivity contribution in [3.8, 4) is 17.2 Å². The van der Waals surface area contributed by atoms with Gasteiger partial charge in [0, 0.05) is 23.8 Å². The second-order valence-electron chi connectivity index (χ2n) is 6.64. The number of nitrogens with zero attached hydrogens (tertiary/aromatic N) is 1. The van der Waals surface area contributed by atoms with Crippen LogP contribution in [0.15, 0.2) is 42.5 Å². The van der Waals surface area contributed by atoms with Crippen molar-refractivity contribution in [3.05, 3.63) is 47.5 Å². The molecule has 1 amide bonds. The van der Waals surface area contributed by atoms with Crippen LogP contribution in [0.25, 0.3) is 0 Å². The van der Waals surface area contributed by atoms with Crippen LogP contribution in [-0.2, 0) is 4.79 Å². The van der Waals surface area contributed by atoms with E-state index >= 15 is 0 Å². The molecule has 1 N–H and O–H groups in total. The second kappa shape index (κ2) is 9.66. The van der Waals surface area contributed by atoms with E-state index in [0.29, 0.717) is 34.5 Å². The van der Waals surface area contributed by atoms with Crippen LogP contribution in [-0.4, -0.2) is 50.8 Å². The second-order valence-corrected chi connectivity index (χ2v) is 7.08. The predicted octanol–water partition coefficient (Wildman–Crippen LogP) is 3.84. The average molecular weight is 405 g/mol. The lowest BCUT2D eigenvalue weighted by Gasteiger charge is -2.32. The van der Waals surface area contributed by atoms with Crippen LogP contribution in [0.2, 0.25) is 5.02 Å². The van der Waals surface area contributed by atoms with Crippen LogP contribution in [0.1, 0.15) is 12.8 Å². The lowest BCUT2D eigenvalue weighted by atomic mass is 10.1. The van der Waals surface area contributed by atoms with Gasteiger partial charge in [0.05, 0.1) is 20.8 Å². The summed E-state index contributed by atoms with van der Waals surface area (Å²) in [5.41, 5.74) is 0.707. The standard InChI is InChI=1S/C21H25ClN2O4/c1-26-18-7-4-8-19(27-2)21(18)28-17-9-11-24(12-10-17)14-20(25)23-16-6-3-5-15(22)13-16/h3-8,13,17H,9-12,14H2,1-2H3,(H,23,25). The van der Waals surface area contributed by atoms with Gasteiger partial charge in [-0.1, -0.05) is 23.7 Å². The third kappa shape index (κ3) is 5.30. The molecule has 2 aromatic carbocycles. The molecule has 0 bridgehead atoms. The number of carbonyl (C=O) groups is 1. The molecule has 0 aliphatic carbocycles. The molecule has 2 aromatic rings. The Morgan fingerprint density at radius 3 is 2.36 bits per heavy atom. The number of piperidine rings is 1. The van der Waals surface area contributed by atoms with Crippen LogP contribution in [0.5, 0.6) is 17.2 Å². The van der Waals surface area contributed by atoms with Gasteiger partial charge < -0.3 is 19.5 Å². The Kier molecular flexibility index (Phi) is 7.01. The van der Waals surface area contributed by atoms with Crippen LogP contribution in [0.4, 0.5) is 5.69 Å². The number of anilines is 1. The first-order chi connectivity index (χ1) is 13.6. The van der Waals surface area contributed by atoms with Crippen LogP contribution >= 0.6 is 11.6 Å². The van der Waals surface area contributed by atoms with Crippen molar-refractivity contribution < 1.29 is 19.0 Å².